The van der Waals surface area contributed by atoms with Gasteiger partial charge in [-0.1, -0.05) is 12.8 Å². The Morgan fingerprint density at radius 1 is 0.714 bits per heavy atom. The first-order valence-electron chi connectivity index (χ1n) is 17.9. The minimum atomic E-state index is -4.50. The van der Waals surface area contributed by atoms with Crippen LogP contribution in [0.5, 0.6) is 0 Å². The van der Waals surface area contributed by atoms with E-state index in [-0.39, 0.29) is 63.6 Å². The minimum absolute atomic E-state index is 0.0115. The highest BCUT2D eigenvalue weighted by atomic mass is 127. The molecule has 322 valence electrons. The van der Waals surface area contributed by atoms with Crippen LogP contribution in [0.3, 0.4) is 0 Å². The minimum Gasteiger partial charge on any atom is -0.394 e. The van der Waals surface area contributed by atoms with E-state index in [9.17, 15) is 43.8 Å². The SMILES string of the molecule is [B][C@@H]1O[C@H](COP(=O)(O)OCCOCCOCCOCCNC(=O)CCSCC(=O)NCCCCCCOP(=O)(O)OC2C(O)[C@H]([B])O[C@@H]2CO)C(OI)C1O. The molecule has 2 heterocycles. The van der Waals surface area contributed by atoms with Crippen molar-refractivity contribution in [2.75, 3.05) is 90.7 Å². The van der Waals surface area contributed by atoms with Crippen molar-refractivity contribution in [3.8, 4) is 0 Å². The summed E-state index contributed by atoms with van der Waals surface area (Å²) in [6.45, 7) is 0.934. The van der Waals surface area contributed by atoms with Crippen molar-refractivity contribution >= 4 is 77.9 Å². The van der Waals surface area contributed by atoms with Crippen molar-refractivity contribution < 1.29 is 88.7 Å². The van der Waals surface area contributed by atoms with Crippen LogP contribution in [-0.4, -0.2) is 192 Å². The van der Waals surface area contributed by atoms with Gasteiger partial charge in [0, 0.05) is 37.3 Å². The number of rotatable bonds is 33. The molecule has 0 bridgehead atoms. The lowest BCUT2D eigenvalue weighted by atomic mass is 9.93. The number of unbranched alkanes of at least 4 members (excludes halogenated alkanes) is 3. The Bertz CT molecular complexity index is 1210. The molecule has 0 saturated carbocycles. The molecule has 6 unspecified atom stereocenters. The van der Waals surface area contributed by atoms with Gasteiger partial charge >= 0.3 is 15.6 Å². The second-order valence-electron chi connectivity index (χ2n) is 12.2. The predicted octanol–water partition coefficient (Wildman–Crippen LogP) is -1.18. The molecule has 0 aromatic rings. The number of hydrogen-bond donors (Lipinski definition) is 7. The van der Waals surface area contributed by atoms with Crippen molar-refractivity contribution in [1.82, 2.24) is 10.6 Å². The Hall–Kier alpha value is 0.00987. The molecule has 2 rings (SSSR count). The molecule has 21 nitrogen and oxygen atoms in total. The number of hydrogen-bond acceptors (Lipinski definition) is 18. The molecule has 56 heavy (non-hydrogen) atoms. The van der Waals surface area contributed by atoms with Gasteiger partial charge in [0.25, 0.3) is 0 Å². The van der Waals surface area contributed by atoms with Crippen molar-refractivity contribution in [3.63, 3.8) is 0 Å². The molecule has 2 fully saturated rings. The normalized spacial score (nSPS) is 27.2. The van der Waals surface area contributed by atoms with Gasteiger partial charge in [-0.3, -0.25) is 27.7 Å². The van der Waals surface area contributed by atoms with Gasteiger partial charge < -0.3 is 62.5 Å². The summed E-state index contributed by atoms with van der Waals surface area (Å²) in [6.07, 6.45) is -3.69. The van der Waals surface area contributed by atoms with E-state index in [1.54, 1.807) is 23.0 Å². The van der Waals surface area contributed by atoms with Gasteiger partial charge in [-0.05, 0) is 12.8 Å². The molecule has 2 aliphatic heterocycles. The quantitative estimate of drug-likeness (QED) is 0.0176. The summed E-state index contributed by atoms with van der Waals surface area (Å²) in [4.78, 5) is 43.7. The standard InChI is InChI=1S/C29H53B2IN2O19P2S/c30-28-24(38)26(52-32)21(51-28)18-49-54(40,41)48-15-14-46-13-12-45-11-10-44-9-7-34-22(36)5-16-56-19-23(37)33-6-3-1-2-4-8-47-55(42,43)53-27-20(17-35)50-29(31)25(27)39/h20-21,24-29,35,38-39H,1-19H2,(H,33,37)(H,34,36)(H,40,41)(H,42,43)/t20-,21-,24?,25?,26?,27?,28-,29-/m1/s1. The van der Waals surface area contributed by atoms with Gasteiger partial charge in [0.1, 0.15) is 75.3 Å². The molecule has 10 atom stereocenters. The highest BCUT2D eigenvalue weighted by molar-refractivity contribution is 14.1. The van der Waals surface area contributed by atoms with Gasteiger partial charge in [0.15, 0.2) is 0 Å². The van der Waals surface area contributed by atoms with E-state index in [2.05, 4.69) is 10.6 Å². The largest absolute Gasteiger partial charge is 0.472 e. The molecule has 0 aromatic carbocycles. The monoisotopic (exact) mass is 976 g/mol. The molecule has 2 aliphatic rings. The first-order chi connectivity index (χ1) is 26.7. The fraction of sp³-hybridized carbons (Fsp3) is 0.931. The lowest BCUT2D eigenvalue weighted by Gasteiger charge is -2.22. The van der Waals surface area contributed by atoms with Crippen LogP contribution < -0.4 is 10.6 Å². The zero-order chi connectivity index (χ0) is 41.4. The third kappa shape index (κ3) is 22.0. The van der Waals surface area contributed by atoms with E-state index in [0.29, 0.717) is 57.9 Å². The fourth-order valence-electron chi connectivity index (χ4n) is 4.92. The Balaban J connectivity index is 1.31. The zero-order valence-electron chi connectivity index (χ0n) is 30.8. The summed E-state index contributed by atoms with van der Waals surface area (Å²) in [5.41, 5.74) is 0. The predicted molar refractivity (Wildman–Crippen MR) is 208 cm³/mol. The van der Waals surface area contributed by atoms with Crippen LogP contribution in [0.4, 0.5) is 0 Å². The molecule has 0 aliphatic carbocycles. The summed E-state index contributed by atoms with van der Waals surface area (Å²) in [5, 5.41) is 34.6. The number of nitrogens with one attached hydrogen (secondary N) is 2. The van der Waals surface area contributed by atoms with Gasteiger partial charge in [-0.15, -0.1) is 0 Å². The number of aliphatic hydroxyl groups is 3. The summed E-state index contributed by atoms with van der Waals surface area (Å²) >= 11 is 2.91. The van der Waals surface area contributed by atoms with Crippen LogP contribution in [0, 0.1) is 0 Å². The van der Waals surface area contributed by atoms with Crippen LogP contribution in [-0.2, 0) is 63.6 Å². The lowest BCUT2D eigenvalue weighted by Crippen LogP contribution is -2.36. The van der Waals surface area contributed by atoms with Crippen molar-refractivity contribution in [2.24, 2.45) is 0 Å². The molecule has 7 N–H and O–H groups in total. The van der Waals surface area contributed by atoms with Gasteiger partial charge in [-0.2, -0.15) is 11.8 Å². The van der Waals surface area contributed by atoms with E-state index in [1.165, 1.54) is 11.8 Å². The van der Waals surface area contributed by atoms with Crippen molar-refractivity contribution in [3.05, 3.63) is 0 Å². The highest BCUT2D eigenvalue weighted by Crippen LogP contribution is 2.47. The van der Waals surface area contributed by atoms with Crippen LogP contribution in [0.15, 0.2) is 0 Å². The molecule has 0 spiro atoms. The number of carbonyl (C=O) groups excluding carboxylic acids is 2. The van der Waals surface area contributed by atoms with Crippen molar-refractivity contribution in [1.29, 1.82) is 0 Å². The van der Waals surface area contributed by atoms with Gasteiger partial charge in [0.2, 0.25) is 11.8 Å². The molecule has 4 radical (unpaired) electrons. The maximum Gasteiger partial charge on any atom is 0.472 e. The average molecular weight is 976 g/mol. The number of halogens is 1. The van der Waals surface area contributed by atoms with E-state index < -0.39 is 70.9 Å². The van der Waals surface area contributed by atoms with E-state index in [4.69, 9.17) is 60.5 Å². The summed E-state index contributed by atoms with van der Waals surface area (Å²) in [6, 6.07) is -2.16. The summed E-state index contributed by atoms with van der Waals surface area (Å²) < 4.78 is 75.2. The van der Waals surface area contributed by atoms with E-state index in [0.717, 1.165) is 6.42 Å². The third-order valence-corrected chi connectivity index (χ3v) is 11.4. The summed E-state index contributed by atoms with van der Waals surface area (Å²) in [5.74, 6) is 0.382. The smallest absolute Gasteiger partial charge is 0.394 e. The number of amides is 2. The lowest BCUT2D eigenvalue weighted by molar-refractivity contribution is -0.121. The number of phosphoric acid groups is 2. The summed E-state index contributed by atoms with van der Waals surface area (Å²) in [7, 11) is 2.21. The molecule has 2 amide bonds. The second kappa shape index (κ2) is 29.3. The maximum absolute atomic E-state index is 12.2. The van der Waals surface area contributed by atoms with Crippen LogP contribution >= 0.6 is 50.4 Å². The molecule has 0 aromatic heterocycles. The Kier molecular flexibility index (Phi) is 27.3. The maximum atomic E-state index is 12.2. The van der Waals surface area contributed by atoms with E-state index in [1.807, 2.05) is 0 Å². The number of ether oxygens (including phenoxy) is 5. The fourth-order valence-corrected chi connectivity index (χ4v) is 8.01. The third-order valence-electron chi connectivity index (χ3n) is 7.83. The van der Waals surface area contributed by atoms with E-state index >= 15 is 0 Å². The number of thioether (sulfide) groups is 1. The van der Waals surface area contributed by atoms with Crippen LogP contribution in [0.25, 0.3) is 0 Å². The number of carbonyl (C=O) groups is 2. The van der Waals surface area contributed by atoms with Crippen LogP contribution in [0.2, 0.25) is 0 Å². The first-order valence-corrected chi connectivity index (χ1v) is 22.9. The zero-order valence-corrected chi connectivity index (χ0v) is 35.6. The average Bonchev–Trinajstić information content (AvgIpc) is 3.59. The molecule has 2 saturated heterocycles. The Labute approximate surface area is 347 Å². The van der Waals surface area contributed by atoms with Gasteiger partial charge in [-0.25, -0.2) is 9.13 Å². The Morgan fingerprint density at radius 3 is 1.95 bits per heavy atom. The second-order valence-corrected chi connectivity index (χ2v) is 16.7. The number of aliphatic hydroxyl groups excluding tert-OH is 3. The topological polar surface area (TPSA) is 286 Å². The number of phosphoric ester groups is 2. The van der Waals surface area contributed by atoms with Crippen molar-refractivity contribution in [2.45, 2.75) is 80.7 Å². The molecule has 27 heteroatoms. The Morgan fingerprint density at radius 2 is 1.29 bits per heavy atom. The molecular weight excluding hydrogens is 923 g/mol. The highest BCUT2D eigenvalue weighted by Gasteiger charge is 2.46. The van der Waals surface area contributed by atoms with Crippen LogP contribution in [0.1, 0.15) is 32.1 Å². The molecular formula is C29H53B2IN2O19P2S. The van der Waals surface area contributed by atoms with Gasteiger partial charge in [0.05, 0.1) is 71.8 Å². The first kappa shape index (κ1) is 52.1.